The zero-order chi connectivity index (χ0) is 22.6. The van der Waals surface area contributed by atoms with E-state index in [1.807, 2.05) is 0 Å². The molecule has 7 nitrogen and oxygen atoms in total. The summed E-state index contributed by atoms with van der Waals surface area (Å²) in [6.07, 6.45) is 8.42. The fraction of sp³-hybridized carbons (Fsp3) is 0.640. The quantitative estimate of drug-likeness (QED) is 0.597. The molecule has 8 heteroatoms. The van der Waals surface area contributed by atoms with Gasteiger partial charge in [-0.05, 0) is 55.7 Å². The molecular weight excluding hydrogens is 434 g/mol. The van der Waals surface area contributed by atoms with Crippen molar-refractivity contribution in [2.45, 2.75) is 63.1 Å². The van der Waals surface area contributed by atoms with Crippen LogP contribution in [0.2, 0.25) is 0 Å². The molecule has 5 rings (SSSR count). The lowest BCUT2D eigenvalue weighted by Gasteiger charge is -2.44. The molecule has 0 radical (unpaired) electrons. The van der Waals surface area contributed by atoms with Gasteiger partial charge in [0.2, 0.25) is 11.9 Å². The van der Waals surface area contributed by atoms with Gasteiger partial charge in [-0.3, -0.25) is 9.36 Å². The molecule has 2 aliphatic heterocycles. The van der Waals surface area contributed by atoms with E-state index in [4.69, 9.17) is 4.74 Å². The summed E-state index contributed by atoms with van der Waals surface area (Å²) >= 11 is 1.52. The topological polar surface area (TPSA) is 63.5 Å². The van der Waals surface area contributed by atoms with E-state index in [-0.39, 0.29) is 5.91 Å². The summed E-state index contributed by atoms with van der Waals surface area (Å²) in [7, 11) is 0. The van der Waals surface area contributed by atoms with Crippen molar-refractivity contribution < 1.29 is 9.53 Å². The summed E-state index contributed by atoms with van der Waals surface area (Å²) in [5.41, 5.74) is 2.33. The van der Waals surface area contributed by atoms with Gasteiger partial charge in [0, 0.05) is 25.7 Å². The van der Waals surface area contributed by atoms with E-state index >= 15 is 0 Å². The molecule has 3 fully saturated rings. The lowest BCUT2D eigenvalue weighted by Crippen LogP contribution is -2.50. The Hall–Kier alpha value is -2.06. The molecule has 0 spiro atoms. The van der Waals surface area contributed by atoms with Gasteiger partial charge < -0.3 is 14.5 Å². The van der Waals surface area contributed by atoms with Crippen molar-refractivity contribution in [1.29, 1.82) is 0 Å². The van der Waals surface area contributed by atoms with Gasteiger partial charge in [0.1, 0.15) is 0 Å². The van der Waals surface area contributed by atoms with Crippen LogP contribution in [-0.2, 0) is 16.0 Å². The number of thioether (sulfide) groups is 1. The maximum Gasteiger partial charge on any atom is 0.233 e. The van der Waals surface area contributed by atoms with E-state index in [0.717, 1.165) is 49.3 Å². The Morgan fingerprint density at radius 1 is 1.09 bits per heavy atom. The summed E-state index contributed by atoms with van der Waals surface area (Å²) in [4.78, 5) is 17.7. The minimum absolute atomic E-state index is 0.251. The number of likely N-dealkylation sites (tertiary alicyclic amines) is 1. The Kier molecular flexibility index (Phi) is 7.21. The smallest absolute Gasteiger partial charge is 0.233 e. The van der Waals surface area contributed by atoms with Crippen LogP contribution in [0.25, 0.3) is 5.69 Å². The standard InChI is InChI=1S/C25H35N5O2S/c1-2-19-7-5-10-21(17-19)30-24(28-13-15-32-16-14-28)26-27-25(30)33-18-23(31)29-12-6-9-20-8-3-4-11-22(20)29/h5,7,10,17,20,22H,2-4,6,8-9,11-16,18H2,1H3/t20-,22+/m1/s1. The van der Waals surface area contributed by atoms with Gasteiger partial charge in [-0.1, -0.05) is 43.7 Å². The SMILES string of the molecule is CCc1cccc(-n2c(SCC(=O)N3CCC[C@H]4CCCC[C@@H]43)nnc2N2CCOCC2)c1. The van der Waals surface area contributed by atoms with Gasteiger partial charge in [-0.25, -0.2) is 0 Å². The minimum Gasteiger partial charge on any atom is -0.378 e. The van der Waals surface area contributed by atoms with Gasteiger partial charge in [0.15, 0.2) is 5.16 Å². The van der Waals surface area contributed by atoms with Gasteiger partial charge in [-0.15, -0.1) is 10.2 Å². The number of anilines is 1. The van der Waals surface area contributed by atoms with Crippen molar-refractivity contribution in [2.24, 2.45) is 5.92 Å². The van der Waals surface area contributed by atoms with Crippen LogP contribution in [0.15, 0.2) is 29.4 Å². The summed E-state index contributed by atoms with van der Waals surface area (Å²) in [5.74, 6) is 2.21. The number of rotatable bonds is 6. The van der Waals surface area contributed by atoms with Crippen LogP contribution in [-0.4, -0.2) is 70.2 Å². The molecule has 2 aromatic rings. The average Bonchev–Trinajstić information content (AvgIpc) is 3.31. The van der Waals surface area contributed by atoms with E-state index in [2.05, 4.69) is 55.8 Å². The molecule has 1 aromatic heterocycles. The van der Waals surface area contributed by atoms with Gasteiger partial charge in [0.25, 0.3) is 0 Å². The number of piperidine rings is 1. The molecule has 1 aromatic carbocycles. The highest BCUT2D eigenvalue weighted by Crippen LogP contribution is 2.36. The van der Waals surface area contributed by atoms with Crippen LogP contribution in [0.4, 0.5) is 5.95 Å². The van der Waals surface area contributed by atoms with Crippen molar-refractivity contribution in [2.75, 3.05) is 43.5 Å². The largest absolute Gasteiger partial charge is 0.378 e. The highest BCUT2D eigenvalue weighted by molar-refractivity contribution is 7.99. The Balaban J connectivity index is 1.37. The third kappa shape index (κ3) is 4.92. The predicted octanol–water partition coefficient (Wildman–Crippen LogP) is 3.94. The van der Waals surface area contributed by atoms with Crippen molar-refractivity contribution in [1.82, 2.24) is 19.7 Å². The monoisotopic (exact) mass is 469 g/mol. The molecule has 2 saturated heterocycles. The van der Waals surface area contributed by atoms with Crippen LogP contribution in [0.3, 0.4) is 0 Å². The number of amides is 1. The summed E-state index contributed by atoms with van der Waals surface area (Å²) in [6, 6.07) is 9.00. The average molecular weight is 470 g/mol. The second-order valence-corrected chi connectivity index (χ2v) is 10.3. The van der Waals surface area contributed by atoms with Crippen molar-refractivity contribution in [3.8, 4) is 5.69 Å². The first-order chi connectivity index (χ1) is 16.2. The molecular formula is C25H35N5O2S. The maximum absolute atomic E-state index is 13.3. The number of carbonyl (C=O) groups excluding carboxylic acids is 1. The zero-order valence-corrected chi connectivity index (χ0v) is 20.4. The molecule has 1 saturated carbocycles. The molecule has 0 unspecified atom stereocenters. The molecule has 0 N–H and O–H groups in total. The van der Waals surface area contributed by atoms with Gasteiger partial charge >= 0.3 is 0 Å². The number of morpholine rings is 1. The summed E-state index contributed by atoms with van der Waals surface area (Å²) < 4.78 is 7.67. The second-order valence-electron chi connectivity index (χ2n) is 9.37. The fourth-order valence-corrected chi connectivity index (χ4v) is 6.44. The Morgan fingerprint density at radius 3 is 2.76 bits per heavy atom. The van der Waals surface area contributed by atoms with Crippen LogP contribution in [0.5, 0.6) is 0 Å². The van der Waals surface area contributed by atoms with Crippen LogP contribution < -0.4 is 4.90 Å². The summed E-state index contributed by atoms with van der Waals surface area (Å²) in [6.45, 7) is 6.06. The highest BCUT2D eigenvalue weighted by Gasteiger charge is 2.35. The van der Waals surface area contributed by atoms with Crippen molar-refractivity contribution >= 4 is 23.6 Å². The molecule has 3 aliphatic rings. The Morgan fingerprint density at radius 2 is 1.91 bits per heavy atom. The minimum atomic E-state index is 0.251. The number of fused-ring (bicyclic) bond motifs is 1. The van der Waals surface area contributed by atoms with E-state index in [1.54, 1.807) is 0 Å². The number of ether oxygens (including phenoxy) is 1. The summed E-state index contributed by atoms with van der Waals surface area (Å²) in [5, 5.41) is 9.90. The number of hydrogen-bond donors (Lipinski definition) is 0. The third-order valence-electron chi connectivity index (χ3n) is 7.38. The van der Waals surface area contributed by atoms with E-state index in [1.165, 1.54) is 49.4 Å². The molecule has 1 amide bonds. The first-order valence-corrected chi connectivity index (χ1v) is 13.5. The normalized spacial score (nSPS) is 23.4. The molecule has 2 atom stereocenters. The zero-order valence-electron chi connectivity index (χ0n) is 19.6. The first-order valence-electron chi connectivity index (χ1n) is 12.5. The first kappa shape index (κ1) is 22.7. The number of nitrogens with zero attached hydrogens (tertiary/aromatic N) is 5. The Bertz CT molecular complexity index is 956. The molecule has 1 aliphatic carbocycles. The van der Waals surface area contributed by atoms with E-state index < -0.39 is 0 Å². The molecule has 0 bridgehead atoms. The van der Waals surface area contributed by atoms with Crippen LogP contribution >= 0.6 is 11.8 Å². The van der Waals surface area contributed by atoms with Crippen LogP contribution in [0, 0.1) is 5.92 Å². The van der Waals surface area contributed by atoms with Crippen molar-refractivity contribution in [3.63, 3.8) is 0 Å². The highest BCUT2D eigenvalue weighted by atomic mass is 32.2. The van der Waals surface area contributed by atoms with Crippen LogP contribution in [0.1, 0.15) is 51.0 Å². The van der Waals surface area contributed by atoms with E-state index in [0.29, 0.717) is 30.9 Å². The maximum atomic E-state index is 13.3. The molecule has 33 heavy (non-hydrogen) atoms. The number of carbonyl (C=O) groups is 1. The second kappa shape index (κ2) is 10.5. The van der Waals surface area contributed by atoms with Gasteiger partial charge in [-0.2, -0.15) is 0 Å². The third-order valence-corrected chi connectivity index (χ3v) is 8.29. The number of aryl methyl sites for hydroxylation is 1. The van der Waals surface area contributed by atoms with E-state index in [9.17, 15) is 4.79 Å². The fourth-order valence-electron chi connectivity index (χ4n) is 5.61. The molecule has 3 heterocycles. The number of hydrogen-bond acceptors (Lipinski definition) is 6. The van der Waals surface area contributed by atoms with Crippen molar-refractivity contribution in [3.05, 3.63) is 29.8 Å². The predicted molar refractivity (Wildman–Crippen MR) is 131 cm³/mol. The lowest BCUT2D eigenvalue weighted by molar-refractivity contribution is -0.134. The lowest BCUT2D eigenvalue weighted by atomic mass is 9.78. The number of benzene rings is 1. The Labute approximate surface area is 200 Å². The van der Waals surface area contributed by atoms with Gasteiger partial charge in [0.05, 0.1) is 24.7 Å². The molecule has 178 valence electrons. The number of aromatic nitrogens is 3.